The lowest BCUT2D eigenvalue weighted by molar-refractivity contribution is -0.385. The Hall–Kier alpha value is -2.15. The van der Waals surface area contributed by atoms with Crippen LogP contribution in [0.15, 0.2) is 18.2 Å². The summed E-state index contributed by atoms with van der Waals surface area (Å²) in [5, 5.41) is 11.2. The number of hydrogen-bond donors (Lipinski definition) is 0. The monoisotopic (exact) mass is 323 g/mol. The summed E-state index contributed by atoms with van der Waals surface area (Å²) in [6.45, 7) is 3.19. The molecule has 7 heteroatoms. The molecule has 1 aliphatic rings. The quantitative estimate of drug-likeness (QED) is 0.435. The Morgan fingerprint density at radius 2 is 2.13 bits per heavy atom. The minimum atomic E-state index is -0.461. The van der Waals surface area contributed by atoms with Gasteiger partial charge in [-0.2, -0.15) is 0 Å². The molecule has 0 N–H and O–H groups in total. The molecule has 1 saturated heterocycles. The molecular weight excluding hydrogens is 302 g/mol. The highest BCUT2D eigenvalue weighted by Gasteiger charge is 2.21. The molecule has 0 radical (unpaired) electrons. The summed E-state index contributed by atoms with van der Waals surface area (Å²) < 4.78 is 15.5. The number of ether oxygens (including phenoxy) is 3. The number of carbonyl (C=O) groups excluding carboxylic acids is 1. The zero-order valence-corrected chi connectivity index (χ0v) is 13.2. The summed E-state index contributed by atoms with van der Waals surface area (Å²) in [6.07, 6.45) is 2.40. The Morgan fingerprint density at radius 1 is 1.39 bits per heavy atom. The van der Waals surface area contributed by atoms with Gasteiger partial charge in [0.15, 0.2) is 6.61 Å². The maximum atomic E-state index is 11.3. The smallest absolute Gasteiger partial charge is 0.344 e. The molecule has 126 valence electrons. The molecular formula is C16H21NO6. The Kier molecular flexibility index (Phi) is 6.34. The number of benzene rings is 1. The summed E-state index contributed by atoms with van der Waals surface area (Å²) in [5.74, 6) is 0.338. The van der Waals surface area contributed by atoms with Crippen LogP contribution < -0.4 is 4.74 Å². The van der Waals surface area contributed by atoms with Gasteiger partial charge in [-0.25, -0.2) is 4.79 Å². The van der Waals surface area contributed by atoms with Crippen molar-refractivity contribution >= 4 is 11.7 Å². The van der Waals surface area contributed by atoms with Crippen LogP contribution in [-0.2, 0) is 20.7 Å². The molecule has 0 aliphatic carbocycles. The maximum absolute atomic E-state index is 11.3. The molecule has 23 heavy (non-hydrogen) atoms. The van der Waals surface area contributed by atoms with E-state index in [1.807, 2.05) is 0 Å². The number of nitro groups is 1. The standard InChI is InChI=1S/C16H21NO6/c1-2-22-16(18)11-23-14-3-4-15(17(19)20)13(10-14)9-12-5-7-21-8-6-12/h3-4,10,12H,2,5-9,11H2,1H3. The first-order valence-corrected chi connectivity index (χ1v) is 7.73. The molecule has 0 spiro atoms. The topological polar surface area (TPSA) is 87.9 Å². The van der Waals surface area contributed by atoms with Crippen molar-refractivity contribution in [3.8, 4) is 5.75 Å². The van der Waals surface area contributed by atoms with E-state index < -0.39 is 5.97 Å². The third kappa shape index (κ3) is 5.21. The first-order valence-electron chi connectivity index (χ1n) is 7.73. The second kappa shape index (κ2) is 8.47. The van der Waals surface area contributed by atoms with Gasteiger partial charge in [0.1, 0.15) is 5.75 Å². The van der Waals surface area contributed by atoms with Gasteiger partial charge < -0.3 is 14.2 Å². The van der Waals surface area contributed by atoms with Crippen molar-refractivity contribution in [2.75, 3.05) is 26.4 Å². The molecule has 1 fully saturated rings. The number of nitrogens with zero attached hydrogens (tertiary/aromatic N) is 1. The Balaban J connectivity index is 2.08. The molecule has 0 amide bonds. The Labute approximate surface area is 134 Å². The van der Waals surface area contributed by atoms with E-state index in [1.165, 1.54) is 12.1 Å². The van der Waals surface area contributed by atoms with Gasteiger partial charge in [-0.15, -0.1) is 0 Å². The van der Waals surface area contributed by atoms with Crippen LogP contribution in [0, 0.1) is 16.0 Å². The Morgan fingerprint density at radius 3 is 2.78 bits per heavy atom. The molecule has 0 aromatic heterocycles. The molecule has 1 aromatic rings. The van der Waals surface area contributed by atoms with Crippen molar-refractivity contribution in [1.82, 2.24) is 0 Å². The predicted octanol–water partition coefficient (Wildman–Crippen LogP) is 2.51. The molecule has 0 bridgehead atoms. The lowest BCUT2D eigenvalue weighted by Gasteiger charge is -2.22. The second-order valence-electron chi connectivity index (χ2n) is 5.40. The molecule has 1 heterocycles. The molecule has 1 aliphatic heterocycles. The van der Waals surface area contributed by atoms with Gasteiger partial charge in [-0.05, 0) is 44.2 Å². The highest BCUT2D eigenvalue weighted by Crippen LogP contribution is 2.29. The fourth-order valence-electron chi connectivity index (χ4n) is 2.60. The zero-order valence-electron chi connectivity index (χ0n) is 13.2. The minimum absolute atomic E-state index is 0.0833. The average Bonchev–Trinajstić information content (AvgIpc) is 2.54. The van der Waals surface area contributed by atoms with Crippen LogP contribution in [0.25, 0.3) is 0 Å². The van der Waals surface area contributed by atoms with E-state index in [9.17, 15) is 14.9 Å². The van der Waals surface area contributed by atoms with Gasteiger partial charge in [0.2, 0.25) is 0 Å². The zero-order chi connectivity index (χ0) is 16.7. The summed E-state index contributed by atoms with van der Waals surface area (Å²) in [5.41, 5.74) is 0.711. The van der Waals surface area contributed by atoms with E-state index in [-0.39, 0.29) is 23.8 Å². The van der Waals surface area contributed by atoms with Crippen LogP contribution in [0.4, 0.5) is 5.69 Å². The van der Waals surface area contributed by atoms with Gasteiger partial charge in [0, 0.05) is 24.8 Å². The third-order valence-electron chi connectivity index (χ3n) is 3.76. The number of hydrogen-bond acceptors (Lipinski definition) is 6. The SMILES string of the molecule is CCOC(=O)COc1ccc([N+](=O)[O-])c(CC2CCOCC2)c1. The summed E-state index contributed by atoms with van der Waals surface area (Å²) in [6, 6.07) is 4.58. The molecule has 0 unspecified atom stereocenters. The van der Waals surface area contributed by atoms with Crippen molar-refractivity contribution in [2.24, 2.45) is 5.92 Å². The number of esters is 1. The first-order chi connectivity index (χ1) is 11.1. The van der Waals surface area contributed by atoms with Crippen LogP contribution in [0.3, 0.4) is 0 Å². The fourth-order valence-corrected chi connectivity index (χ4v) is 2.60. The Bertz CT molecular complexity index is 554. The van der Waals surface area contributed by atoms with E-state index in [1.54, 1.807) is 13.0 Å². The number of rotatable bonds is 7. The number of carbonyl (C=O) groups is 1. The largest absolute Gasteiger partial charge is 0.482 e. The van der Waals surface area contributed by atoms with Gasteiger partial charge in [0.05, 0.1) is 11.5 Å². The van der Waals surface area contributed by atoms with Crippen molar-refractivity contribution < 1.29 is 23.9 Å². The normalized spacial score (nSPS) is 15.2. The molecule has 0 atom stereocenters. The fraction of sp³-hybridized carbons (Fsp3) is 0.562. The maximum Gasteiger partial charge on any atom is 0.344 e. The highest BCUT2D eigenvalue weighted by atomic mass is 16.6. The van der Waals surface area contributed by atoms with Crippen molar-refractivity contribution in [1.29, 1.82) is 0 Å². The van der Waals surface area contributed by atoms with Crippen molar-refractivity contribution in [3.63, 3.8) is 0 Å². The highest BCUT2D eigenvalue weighted by molar-refractivity contribution is 5.71. The molecule has 0 saturated carbocycles. The number of nitro benzene ring substituents is 1. The third-order valence-corrected chi connectivity index (χ3v) is 3.76. The van der Waals surface area contributed by atoms with Gasteiger partial charge in [-0.1, -0.05) is 0 Å². The van der Waals surface area contributed by atoms with E-state index in [4.69, 9.17) is 14.2 Å². The lowest BCUT2D eigenvalue weighted by Crippen LogP contribution is -2.18. The van der Waals surface area contributed by atoms with E-state index in [0.29, 0.717) is 36.9 Å². The minimum Gasteiger partial charge on any atom is -0.482 e. The van der Waals surface area contributed by atoms with E-state index in [2.05, 4.69) is 0 Å². The van der Waals surface area contributed by atoms with Gasteiger partial charge >= 0.3 is 5.97 Å². The molecule has 2 rings (SSSR count). The van der Waals surface area contributed by atoms with Crippen LogP contribution >= 0.6 is 0 Å². The van der Waals surface area contributed by atoms with E-state index in [0.717, 1.165) is 12.8 Å². The van der Waals surface area contributed by atoms with Gasteiger partial charge in [0.25, 0.3) is 5.69 Å². The van der Waals surface area contributed by atoms with Crippen LogP contribution in [0.5, 0.6) is 5.75 Å². The van der Waals surface area contributed by atoms with Crippen molar-refractivity contribution in [3.05, 3.63) is 33.9 Å². The average molecular weight is 323 g/mol. The van der Waals surface area contributed by atoms with Crippen LogP contribution in [-0.4, -0.2) is 37.3 Å². The van der Waals surface area contributed by atoms with Crippen LogP contribution in [0.1, 0.15) is 25.3 Å². The van der Waals surface area contributed by atoms with E-state index >= 15 is 0 Å². The summed E-state index contributed by atoms with van der Waals surface area (Å²) in [7, 11) is 0. The van der Waals surface area contributed by atoms with Crippen LogP contribution in [0.2, 0.25) is 0 Å². The molecule has 1 aromatic carbocycles. The van der Waals surface area contributed by atoms with Crippen molar-refractivity contribution in [2.45, 2.75) is 26.2 Å². The predicted molar refractivity (Wildman–Crippen MR) is 82.5 cm³/mol. The first kappa shape index (κ1) is 17.2. The van der Waals surface area contributed by atoms with Gasteiger partial charge in [-0.3, -0.25) is 10.1 Å². The summed E-state index contributed by atoms with van der Waals surface area (Å²) in [4.78, 5) is 22.1. The lowest BCUT2D eigenvalue weighted by atomic mass is 9.91. The summed E-state index contributed by atoms with van der Waals surface area (Å²) >= 11 is 0. The second-order valence-corrected chi connectivity index (χ2v) is 5.40. The molecule has 7 nitrogen and oxygen atoms in total.